The van der Waals surface area contributed by atoms with E-state index in [-0.39, 0.29) is 6.04 Å². The highest BCUT2D eigenvalue weighted by Crippen LogP contribution is 2.30. The molecule has 23 heavy (non-hydrogen) atoms. The van der Waals surface area contributed by atoms with Crippen molar-refractivity contribution in [1.29, 1.82) is 0 Å². The monoisotopic (exact) mass is 312 g/mol. The van der Waals surface area contributed by atoms with Crippen molar-refractivity contribution in [1.82, 2.24) is 10.3 Å². The summed E-state index contributed by atoms with van der Waals surface area (Å²) in [6.07, 6.45) is 2.76. The van der Waals surface area contributed by atoms with Gasteiger partial charge in [-0.25, -0.2) is 0 Å². The number of pyridine rings is 1. The van der Waals surface area contributed by atoms with Crippen LogP contribution < -0.4 is 10.1 Å². The van der Waals surface area contributed by atoms with Crippen molar-refractivity contribution in [2.75, 3.05) is 13.7 Å². The van der Waals surface area contributed by atoms with Crippen molar-refractivity contribution in [3.63, 3.8) is 0 Å². The molecule has 5 heteroatoms. The molecule has 0 saturated heterocycles. The summed E-state index contributed by atoms with van der Waals surface area (Å²) in [5.41, 5.74) is 1.58. The van der Waals surface area contributed by atoms with E-state index < -0.39 is 6.10 Å². The van der Waals surface area contributed by atoms with E-state index in [4.69, 9.17) is 9.15 Å². The highest BCUT2D eigenvalue weighted by molar-refractivity contribution is 5.83. The summed E-state index contributed by atoms with van der Waals surface area (Å²) in [5.74, 6) is 1.53. The Morgan fingerprint density at radius 2 is 2.04 bits per heavy atom. The van der Waals surface area contributed by atoms with E-state index in [0.717, 1.165) is 28.0 Å². The predicted octanol–water partition coefficient (Wildman–Crippen LogP) is 3.22. The third-order valence-corrected chi connectivity index (χ3v) is 3.88. The van der Waals surface area contributed by atoms with E-state index >= 15 is 0 Å². The third-order valence-electron chi connectivity index (χ3n) is 3.88. The molecule has 3 rings (SSSR count). The zero-order valence-electron chi connectivity index (χ0n) is 13.2. The first-order valence-corrected chi connectivity index (χ1v) is 7.57. The molecule has 1 aromatic carbocycles. The van der Waals surface area contributed by atoms with E-state index in [2.05, 4.69) is 10.3 Å². The lowest BCUT2D eigenvalue weighted by Gasteiger charge is -2.15. The number of hydrogen-bond acceptors (Lipinski definition) is 5. The quantitative estimate of drug-likeness (QED) is 0.731. The van der Waals surface area contributed by atoms with E-state index in [1.165, 1.54) is 0 Å². The van der Waals surface area contributed by atoms with Crippen LogP contribution in [0.25, 0.3) is 11.0 Å². The second kappa shape index (κ2) is 6.81. The van der Waals surface area contributed by atoms with Crippen molar-refractivity contribution in [2.24, 2.45) is 0 Å². The fourth-order valence-electron chi connectivity index (χ4n) is 2.52. The lowest BCUT2D eigenvalue weighted by molar-refractivity contribution is 0.169. The SMILES string of the molecule is COc1cccc2cc([C@@H](C)NC[C@H](O)c3ccncc3)oc12. The lowest BCUT2D eigenvalue weighted by atomic mass is 10.1. The number of hydrogen-bond donors (Lipinski definition) is 2. The first-order valence-electron chi connectivity index (χ1n) is 7.57. The van der Waals surface area contributed by atoms with Gasteiger partial charge in [0, 0.05) is 24.3 Å². The number of fused-ring (bicyclic) bond motifs is 1. The molecule has 0 fully saturated rings. The van der Waals surface area contributed by atoms with Gasteiger partial charge in [-0.1, -0.05) is 12.1 Å². The number of ether oxygens (including phenoxy) is 1. The Kier molecular flexibility index (Phi) is 4.60. The van der Waals surface area contributed by atoms with Gasteiger partial charge in [-0.05, 0) is 36.8 Å². The minimum atomic E-state index is -0.584. The second-order valence-corrected chi connectivity index (χ2v) is 5.45. The molecule has 0 radical (unpaired) electrons. The topological polar surface area (TPSA) is 67.5 Å². The summed E-state index contributed by atoms with van der Waals surface area (Å²) in [6, 6.07) is 11.4. The Morgan fingerprint density at radius 3 is 2.78 bits per heavy atom. The lowest BCUT2D eigenvalue weighted by Crippen LogP contribution is -2.24. The molecule has 0 aliphatic rings. The molecule has 2 aromatic heterocycles. The molecule has 0 amide bonds. The Morgan fingerprint density at radius 1 is 1.26 bits per heavy atom. The van der Waals surface area contributed by atoms with Crippen LogP contribution in [0.2, 0.25) is 0 Å². The number of nitrogens with zero attached hydrogens (tertiary/aromatic N) is 1. The summed E-state index contributed by atoms with van der Waals surface area (Å²) in [6.45, 7) is 2.43. The average Bonchev–Trinajstić information content (AvgIpc) is 3.04. The van der Waals surface area contributed by atoms with E-state index in [1.807, 2.05) is 43.3 Å². The normalized spacial score (nSPS) is 13.9. The Balaban J connectivity index is 1.70. The summed E-state index contributed by atoms with van der Waals surface area (Å²) in [7, 11) is 1.63. The Hall–Kier alpha value is -2.37. The number of para-hydroxylation sites is 1. The molecule has 0 unspecified atom stereocenters. The Labute approximate surface area is 134 Å². The van der Waals surface area contributed by atoms with Crippen molar-refractivity contribution >= 4 is 11.0 Å². The van der Waals surface area contributed by atoms with Gasteiger partial charge < -0.3 is 19.6 Å². The zero-order chi connectivity index (χ0) is 16.2. The van der Waals surface area contributed by atoms with Crippen LogP contribution >= 0.6 is 0 Å². The highest BCUT2D eigenvalue weighted by atomic mass is 16.5. The molecule has 0 aliphatic carbocycles. The molecule has 0 saturated carbocycles. The van der Waals surface area contributed by atoms with Gasteiger partial charge in [0.05, 0.1) is 19.3 Å². The van der Waals surface area contributed by atoms with Gasteiger partial charge >= 0.3 is 0 Å². The molecule has 2 atom stereocenters. The highest BCUT2D eigenvalue weighted by Gasteiger charge is 2.15. The molecule has 2 heterocycles. The minimum absolute atomic E-state index is 0.0245. The van der Waals surface area contributed by atoms with Crippen LogP contribution in [0.15, 0.2) is 53.2 Å². The van der Waals surface area contributed by atoms with Crippen LogP contribution in [-0.2, 0) is 0 Å². The van der Waals surface area contributed by atoms with Gasteiger partial charge in [0.1, 0.15) is 5.76 Å². The molecule has 0 bridgehead atoms. The molecule has 0 aliphatic heterocycles. The number of nitrogens with one attached hydrogen (secondary N) is 1. The second-order valence-electron chi connectivity index (χ2n) is 5.45. The third kappa shape index (κ3) is 3.36. The first-order chi connectivity index (χ1) is 11.2. The van der Waals surface area contributed by atoms with Crippen LogP contribution in [0.4, 0.5) is 0 Å². The number of methoxy groups -OCH3 is 1. The van der Waals surface area contributed by atoms with Gasteiger partial charge in [-0.2, -0.15) is 0 Å². The number of aliphatic hydroxyl groups excluding tert-OH is 1. The van der Waals surface area contributed by atoms with Gasteiger partial charge in [0.15, 0.2) is 11.3 Å². The van der Waals surface area contributed by atoms with Crippen molar-refractivity contribution in [3.8, 4) is 5.75 Å². The van der Waals surface area contributed by atoms with Crippen molar-refractivity contribution in [3.05, 3.63) is 60.1 Å². The smallest absolute Gasteiger partial charge is 0.176 e. The summed E-state index contributed by atoms with van der Waals surface area (Å²) >= 11 is 0. The molecule has 0 spiro atoms. The van der Waals surface area contributed by atoms with Crippen LogP contribution in [0.3, 0.4) is 0 Å². The molecule has 5 nitrogen and oxygen atoms in total. The molecular weight excluding hydrogens is 292 g/mol. The fraction of sp³-hybridized carbons (Fsp3) is 0.278. The van der Waals surface area contributed by atoms with E-state index in [0.29, 0.717) is 6.54 Å². The van der Waals surface area contributed by atoms with Gasteiger partial charge in [0.25, 0.3) is 0 Å². The molecular formula is C18H20N2O3. The number of rotatable bonds is 6. The van der Waals surface area contributed by atoms with E-state index in [1.54, 1.807) is 19.5 Å². The van der Waals surface area contributed by atoms with Gasteiger partial charge in [0.2, 0.25) is 0 Å². The van der Waals surface area contributed by atoms with Crippen molar-refractivity contribution < 1.29 is 14.3 Å². The maximum atomic E-state index is 10.2. The summed E-state index contributed by atoms with van der Waals surface area (Å²) in [4.78, 5) is 3.95. The number of furan rings is 1. The molecule has 3 aromatic rings. The molecule has 120 valence electrons. The first kappa shape index (κ1) is 15.5. The minimum Gasteiger partial charge on any atom is -0.493 e. The fourth-order valence-corrected chi connectivity index (χ4v) is 2.52. The van der Waals surface area contributed by atoms with Crippen LogP contribution in [0.5, 0.6) is 5.75 Å². The summed E-state index contributed by atoms with van der Waals surface area (Å²) in [5, 5.41) is 14.5. The van der Waals surface area contributed by atoms with Crippen LogP contribution in [0, 0.1) is 0 Å². The van der Waals surface area contributed by atoms with Gasteiger partial charge in [-0.3, -0.25) is 4.98 Å². The van der Waals surface area contributed by atoms with Crippen LogP contribution in [-0.4, -0.2) is 23.7 Å². The van der Waals surface area contributed by atoms with E-state index in [9.17, 15) is 5.11 Å². The standard InChI is InChI=1S/C18H20N2O3/c1-12(20-11-15(21)13-6-8-19-9-7-13)17-10-14-4-3-5-16(22-2)18(14)23-17/h3-10,12,15,20-21H,11H2,1-2H3/t12-,15+/m1/s1. The van der Waals surface area contributed by atoms with Crippen molar-refractivity contribution in [2.45, 2.75) is 19.1 Å². The maximum Gasteiger partial charge on any atom is 0.176 e. The number of aliphatic hydroxyl groups is 1. The predicted molar refractivity (Wildman–Crippen MR) is 88.4 cm³/mol. The Bertz CT molecular complexity index is 770. The number of aromatic nitrogens is 1. The maximum absolute atomic E-state index is 10.2. The zero-order valence-corrected chi connectivity index (χ0v) is 13.2. The van der Waals surface area contributed by atoms with Gasteiger partial charge in [-0.15, -0.1) is 0 Å². The number of benzene rings is 1. The van der Waals surface area contributed by atoms with Crippen LogP contribution in [0.1, 0.15) is 30.4 Å². The summed E-state index contributed by atoms with van der Waals surface area (Å²) < 4.78 is 11.2. The largest absolute Gasteiger partial charge is 0.493 e. The average molecular weight is 312 g/mol. The molecule has 2 N–H and O–H groups in total.